The van der Waals surface area contributed by atoms with Gasteiger partial charge >= 0.3 is 0 Å². The zero-order valence-corrected chi connectivity index (χ0v) is 12.4. The maximum absolute atomic E-state index is 13.8. The predicted molar refractivity (Wildman–Crippen MR) is 76.9 cm³/mol. The van der Waals surface area contributed by atoms with Crippen molar-refractivity contribution in [1.29, 1.82) is 0 Å². The van der Waals surface area contributed by atoms with Gasteiger partial charge in [0.25, 0.3) is 0 Å². The van der Waals surface area contributed by atoms with Gasteiger partial charge in [0, 0.05) is 10.5 Å². The molecular formula is C15H21BrFN. The third-order valence-corrected chi connectivity index (χ3v) is 4.55. The number of nitrogens with two attached hydrogens (primary N) is 1. The standard InChI is InChI=1S/C15H21BrFN/c1-10-3-2-4-12(7-10)15(18)8-11-5-6-13(16)9-14(11)17/h5-6,9-10,12,15H,2-4,7-8,18H2,1H3. The summed E-state index contributed by atoms with van der Waals surface area (Å²) in [5, 5.41) is 0. The highest BCUT2D eigenvalue weighted by atomic mass is 79.9. The number of hydrogen-bond acceptors (Lipinski definition) is 1. The Morgan fingerprint density at radius 1 is 1.44 bits per heavy atom. The minimum Gasteiger partial charge on any atom is -0.327 e. The van der Waals surface area contributed by atoms with Crippen molar-refractivity contribution in [2.45, 2.75) is 45.1 Å². The fourth-order valence-electron chi connectivity index (χ4n) is 2.98. The minimum atomic E-state index is -0.149. The molecule has 2 N–H and O–H groups in total. The lowest BCUT2D eigenvalue weighted by Gasteiger charge is -2.31. The molecule has 1 aromatic rings. The summed E-state index contributed by atoms with van der Waals surface area (Å²) in [7, 11) is 0. The van der Waals surface area contributed by atoms with Crippen molar-refractivity contribution in [1.82, 2.24) is 0 Å². The monoisotopic (exact) mass is 313 g/mol. The molecule has 0 amide bonds. The molecule has 0 radical (unpaired) electrons. The van der Waals surface area contributed by atoms with Crippen LogP contribution in [-0.4, -0.2) is 6.04 Å². The Bertz CT molecular complexity index is 407. The Labute approximate surface area is 117 Å². The van der Waals surface area contributed by atoms with Crippen molar-refractivity contribution in [3.05, 3.63) is 34.1 Å². The molecular weight excluding hydrogens is 293 g/mol. The van der Waals surface area contributed by atoms with Gasteiger partial charge in [-0.2, -0.15) is 0 Å². The van der Waals surface area contributed by atoms with E-state index in [9.17, 15) is 4.39 Å². The van der Waals surface area contributed by atoms with E-state index < -0.39 is 0 Å². The van der Waals surface area contributed by atoms with E-state index >= 15 is 0 Å². The molecule has 3 unspecified atom stereocenters. The van der Waals surface area contributed by atoms with E-state index in [0.717, 1.165) is 16.0 Å². The molecule has 18 heavy (non-hydrogen) atoms. The fourth-order valence-corrected chi connectivity index (χ4v) is 3.31. The van der Waals surface area contributed by atoms with E-state index in [1.807, 2.05) is 12.1 Å². The SMILES string of the molecule is CC1CCCC(C(N)Cc2ccc(Br)cc2F)C1. The van der Waals surface area contributed by atoms with Crippen LogP contribution >= 0.6 is 15.9 Å². The lowest BCUT2D eigenvalue weighted by Crippen LogP contribution is -2.35. The second-order valence-corrected chi connectivity index (χ2v) is 6.55. The summed E-state index contributed by atoms with van der Waals surface area (Å²) in [6, 6.07) is 5.33. The molecule has 100 valence electrons. The van der Waals surface area contributed by atoms with Gasteiger partial charge in [-0.3, -0.25) is 0 Å². The first-order valence-corrected chi connectivity index (χ1v) is 7.55. The first kappa shape index (κ1) is 14.0. The zero-order chi connectivity index (χ0) is 13.1. The molecule has 0 saturated heterocycles. The third-order valence-electron chi connectivity index (χ3n) is 4.05. The van der Waals surface area contributed by atoms with Gasteiger partial charge in [0.1, 0.15) is 5.82 Å². The fraction of sp³-hybridized carbons (Fsp3) is 0.600. The van der Waals surface area contributed by atoms with Crippen LogP contribution in [0, 0.1) is 17.7 Å². The van der Waals surface area contributed by atoms with Gasteiger partial charge in [0.2, 0.25) is 0 Å². The highest BCUT2D eigenvalue weighted by Gasteiger charge is 2.24. The number of benzene rings is 1. The van der Waals surface area contributed by atoms with Crippen LogP contribution in [0.2, 0.25) is 0 Å². The third kappa shape index (κ3) is 3.55. The Balaban J connectivity index is 1.99. The predicted octanol–water partition coefficient (Wildman–Crippen LogP) is 4.28. The molecule has 1 aliphatic carbocycles. The van der Waals surface area contributed by atoms with Crippen molar-refractivity contribution in [3.8, 4) is 0 Å². The lowest BCUT2D eigenvalue weighted by atomic mass is 9.77. The van der Waals surface area contributed by atoms with Crippen LogP contribution < -0.4 is 5.73 Å². The summed E-state index contributed by atoms with van der Waals surface area (Å²) in [6.07, 6.45) is 5.62. The van der Waals surface area contributed by atoms with Gasteiger partial charge in [0.15, 0.2) is 0 Å². The molecule has 0 spiro atoms. The summed E-state index contributed by atoms with van der Waals surface area (Å²) in [4.78, 5) is 0. The topological polar surface area (TPSA) is 26.0 Å². The molecule has 0 aliphatic heterocycles. The van der Waals surface area contributed by atoms with Gasteiger partial charge in [-0.25, -0.2) is 4.39 Å². The Hall–Kier alpha value is -0.410. The summed E-state index contributed by atoms with van der Waals surface area (Å²) in [5.74, 6) is 1.17. The van der Waals surface area contributed by atoms with E-state index in [1.54, 1.807) is 0 Å². The second-order valence-electron chi connectivity index (χ2n) is 5.64. The van der Waals surface area contributed by atoms with Crippen LogP contribution in [0.1, 0.15) is 38.2 Å². The summed E-state index contributed by atoms with van der Waals surface area (Å²) >= 11 is 3.28. The van der Waals surface area contributed by atoms with Crippen molar-refractivity contribution >= 4 is 15.9 Å². The van der Waals surface area contributed by atoms with E-state index in [4.69, 9.17) is 5.73 Å². The van der Waals surface area contributed by atoms with Gasteiger partial charge in [-0.1, -0.05) is 41.8 Å². The number of halogens is 2. The van der Waals surface area contributed by atoms with Crippen molar-refractivity contribution in [2.75, 3.05) is 0 Å². The van der Waals surface area contributed by atoms with E-state index in [1.165, 1.54) is 31.7 Å². The highest BCUT2D eigenvalue weighted by molar-refractivity contribution is 9.10. The molecule has 1 aliphatic rings. The van der Waals surface area contributed by atoms with Crippen LogP contribution in [0.3, 0.4) is 0 Å². The van der Waals surface area contributed by atoms with Crippen molar-refractivity contribution < 1.29 is 4.39 Å². The highest BCUT2D eigenvalue weighted by Crippen LogP contribution is 2.31. The molecule has 1 saturated carbocycles. The van der Waals surface area contributed by atoms with E-state index in [0.29, 0.717) is 12.3 Å². The molecule has 3 atom stereocenters. The normalized spacial score (nSPS) is 26.0. The Kier molecular flexibility index (Phi) is 4.79. The van der Waals surface area contributed by atoms with Crippen LogP contribution in [0.5, 0.6) is 0 Å². The summed E-state index contributed by atoms with van der Waals surface area (Å²) < 4.78 is 14.6. The van der Waals surface area contributed by atoms with Gasteiger partial charge in [-0.05, 0) is 48.8 Å². The Morgan fingerprint density at radius 2 is 2.22 bits per heavy atom. The zero-order valence-electron chi connectivity index (χ0n) is 10.8. The van der Waals surface area contributed by atoms with Crippen molar-refractivity contribution in [3.63, 3.8) is 0 Å². The quantitative estimate of drug-likeness (QED) is 0.885. The van der Waals surface area contributed by atoms with Crippen LogP contribution in [0.25, 0.3) is 0 Å². The molecule has 1 fully saturated rings. The maximum Gasteiger partial charge on any atom is 0.127 e. The first-order valence-electron chi connectivity index (χ1n) is 6.75. The van der Waals surface area contributed by atoms with Gasteiger partial charge < -0.3 is 5.73 Å². The van der Waals surface area contributed by atoms with E-state index in [-0.39, 0.29) is 11.9 Å². The maximum atomic E-state index is 13.8. The largest absolute Gasteiger partial charge is 0.327 e. The summed E-state index contributed by atoms with van der Waals surface area (Å²) in [6.45, 7) is 2.29. The van der Waals surface area contributed by atoms with Crippen LogP contribution in [-0.2, 0) is 6.42 Å². The second kappa shape index (κ2) is 6.16. The molecule has 0 bridgehead atoms. The van der Waals surface area contributed by atoms with E-state index in [2.05, 4.69) is 22.9 Å². The smallest absolute Gasteiger partial charge is 0.127 e. The lowest BCUT2D eigenvalue weighted by molar-refractivity contribution is 0.244. The molecule has 1 aromatic carbocycles. The molecule has 0 heterocycles. The Morgan fingerprint density at radius 3 is 2.89 bits per heavy atom. The minimum absolute atomic E-state index is 0.0865. The van der Waals surface area contributed by atoms with Crippen LogP contribution in [0.15, 0.2) is 22.7 Å². The van der Waals surface area contributed by atoms with Gasteiger partial charge in [0.05, 0.1) is 0 Å². The first-order chi connectivity index (χ1) is 8.56. The van der Waals surface area contributed by atoms with Crippen molar-refractivity contribution in [2.24, 2.45) is 17.6 Å². The number of hydrogen-bond donors (Lipinski definition) is 1. The summed E-state index contributed by atoms with van der Waals surface area (Å²) in [5.41, 5.74) is 7.01. The molecule has 2 rings (SSSR count). The van der Waals surface area contributed by atoms with Gasteiger partial charge in [-0.15, -0.1) is 0 Å². The van der Waals surface area contributed by atoms with Crippen LogP contribution in [0.4, 0.5) is 4.39 Å². The average Bonchev–Trinajstić information content (AvgIpc) is 2.32. The number of rotatable bonds is 3. The molecule has 3 heteroatoms. The molecule has 1 nitrogen and oxygen atoms in total. The average molecular weight is 314 g/mol. The molecule has 0 aromatic heterocycles.